The van der Waals surface area contributed by atoms with Crippen molar-refractivity contribution in [1.82, 2.24) is 58.1 Å². The van der Waals surface area contributed by atoms with Gasteiger partial charge in [-0.15, -0.1) is 0 Å². The maximum Gasteiger partial charge on any atom is 0.264 e. The van der Waals surface area contributed by atoms with Gasteiger partial charge in [0.1, 0.15) is 17.5 Å². The summed E-state index contributed by atoms with van der Waals surface area (Å²) < 4.78 is 6.68. The van der Waals surface area contributed by atoms with E-state index in [9.17, 15) is 19.2 Å². The van der Waals surface area contributed by atoms with Gasteiger partial charge in [0, 0.05) is 193 Å². The van der Waals surface area contributed by atoms with E-state index in [2.05, 4.69) is 92.5 Å². The van der Waals surface area contributed by atoms with Crippen molar-refractivity contribution < 1.29 is 0 Å². The molecule has 128 heavy (non-hydrogen) atoms. The van der Waals surface area contributed by atoms with Gasteiger partial charge >= 0.3 is 0 Å². The van der Waals surface area contributed by atoms with Crippen LogP contribution in [-0.2, 0) is 54.4 Å². The van der Waals surface area contributed by atoms with E-state index in [0.29, 0.717) is 162 Å². The van der Waals surface area contributed by atoms with Gasteiger partial charge in [-0.1, -0.05) is 62.5 Å². The van der Waals surface area contributed by atoms with E-state index in [4.69, 9.17) is 77.7 Å². The molecule has 8 aromatic rings. The second-order valence-electron chi connectivity index (χ2n) is 38.8. The molecule has 4 aliphatic carbocycles. The molecule has 31 nitrogen and oxygen atoms in total. The Balaban J connectivity index is 0.000000120. The van der Waals surface area contributed by atoms with Crippen molar-refractivity contribution in [1.29, 1.82) is 0 Å². The first-order valence-corrected chi connectivity index (χ1v) is 47.0. The Bertz CT molecular complexity index is 5830. The van der Waals surface area contributed by atoms with E-state index < -0.39 is 0 Å². The molecule has 0 bridgehead atoms. The number of aliphatic imine (C=N–C) groups is 4. The number of hydrogen-bond acceptors (Lipinski definition) is 27. The van der Waals surface area contributed by atoms with Crippen LogP contribution >= 0.6 is 34.8 Å². The van der Waals surface area contributed by atoms with Gasteiger partial charge in [0.2, 0.25) is 23.8 Å². The van der Waals surface area contributed by atoms with Gasteiger partial charge < -0.3 is 57.7 Å². The summed E-state index contributed by atoms with van der Waals surface area (Å²) >= 11 is 19.9. The maximum atomic E-state index is 13.5. The summed E-state index contributed by atoms with van der Waals surface area (Å²) in [6.45, 7) is 20.4. The highest BCUT2D eigenvalue weighted by Crippen LogP contribution is 2.53. The molecule has 9 N–H and O–H groups in total. The molecule has 12 aliphatic rings. The Morgan fingerprint density at radius 2 is 0.719 bits per heavy atom. The number of rotatable bonds is 12. The molecular weight excluding hydrogens is 1680 g/mol. The molecule has 4 spiro atoms. The van der Waals surface area contributed by atoms with Crippen molar-refractivity contribution in [2.24, 2.45) is 116 Å². The third-order valence-corrected chi connectivity index (χ3v) is 32.2. The van der Waals surface area contributed by atoms with Crippen molar-refractivity contribution in [3.8, 4) is 0 Å². The van der Waals surface area contributed by atoms with Gasteiger partial charge in [0.15, 0.2) is 0 Å². The van der Waals surface area contributed by atoms with Crippen molar-refractivity contribution >= 4 is 98.9 Å². The van der Waals surface area contributed by atoms with E-state index in [-0.39, 0.29) is 68.1 Å². The van der Waals surface area contributed by atoms with Crippen LogP contribution in [0.5, 0.6) is 0 Å². The molecule has 4 saturated carbocycles. The minimum atomic E-state index is -0.0874. The van der Waals surface area contributed by atoms with Gasteiger partial charge in [0.05, 0.1) is 109 Å². The summed E-state index contributed by atoms with van der Waals surface area (Å²) in [5.74, 6) is 7.28. The summed E-state index contributed by atoms with van der Waals surface area (Å²) in [5, 5.41) is 4.61. The Labute approximate surface area is 763 Å². The van der Waals surface area contributed by atoms with E-state index in [1.807, 2.05) is 76.2 Å². The SMILES string of the molecule is CCNc1nccc(C2=NCc3nc(N4CCC5(CC[C@@H](C)[C@H]5N)CC4)n(C)c(=O)c32)c1Cl.C[C@@H]1CCC2(CCN(c3nc4c(c(=O)n3C)C(c3ccnc(N(C)C)c3Cl)=NC4)CC2)[C@@H]1N.C[C@@H]1CCC2(CCN(c3nc4c(c(=O)n3C)C(c3ccncc3)=NC4)CC2)[C@@H]1N.C[C@H]1C[C@@H](N)C2(CCN(c3nc4c(c(=O)n3C)C(c3ccnc(N(C)C)c3Cl)=NC4)CC2)C1. The van der Waals surface area contributed by atoms with E-state index in [0.717, 1.165) is 151 Å². The molecule has 20 rings (SSSR count). The number of fused-ring (bicyclic) bond motifs is 4. The lowest BCUT2D eigenvalue weighted by Gasteiger charge is -2.43. The zero-order valence-electron chi connectivity index (χ0n) is 76.3. The lowest BCUT2D eigenvalue weighted by Crippen LogP contribution is -2.49. The minimum Gasteiger partial charge on any atom is -0.369 e. The molecule has 0 radical (unpaired) electrons. The quantitative estimate of drug-likeness (QED) is 0.0759. The summed E-state index contributed by atoms with van der Waals surface area (Å²) in [6.07, 6.45) is 26.6. The van der Waals surface area contributed by atoms with Crippen LogP contribution in [0, 0.1) is 45.3 Å². The average Bonchev–Trinajstić information content (AvgIpc) is 1.59. The molecule has 8 atom stereocenters. The van der Waals surface area contributed by atoms with E-state index in [1.54, 1.807) is 76.5 Å². The summed E-state index contributed by atoms with van der Waals surface area (Å²) in [4.78, 5) is 122. The fourth-order valence-electron chi connectivity index (χ4n) is 23.1. The topological polar surface area (TPSA) is 376 Å². The number of aromatic nitrogens is 12. The molecular formula is C94H124Cl3N27O4. The number of halogens is 3. The van der Waals surface area contributed by atoms with Gasteiger partial charge in [-0.3, -0.25) is 62.4 Å². The monoisotopic (exact) mass is 1800 g/mol. The number of anilines is 7. The standard InChI is InChI=1S/3C24H32ClN7O.C22H28N6O/c1-14-11-17(26)24(12-14)6-9-32(10-7-24)23-29-16-13-28-20(18(16)22(33)31(23)4)15-5-8-27-21(19(15)25)30(2)3;1-14-5-7-24(20(14)26)8-11-32(12-9-24)23-29-16-13-28-19(17(16)22(33)31(23)4)15-6-10-27-21(18(15)25)30(2)3;1-4-27-21-18(25)15(6-10-28-21)19-17-16(13-29-19)30-23(31(3)22(17)33)32-11-8-24(9-12-32)7-5-14(2)20(24)26;1-14-3-6-22(19(14)23)7-11-28(12-8-22)21-26-16-13-25-18(15-4-9-24-10-5-15)17(16)20(29)27(21)2/h5,8,14,17H,6-7,9-13,26H2,1-4H3;6,10,14,20H,5,7-9,11-13,26H2,1-4H3;6,10,14,20H,4-5,7-9,11-13,26H2,1-3H3,(H,27,28);4-5,9-10,14,19H,3,6-8,11-13,23H2,1-2H3/t14-,17+;2*14-,20-;14-,19-/m0111/s1. The van der Waals surface area contributed by atoms with Crippen LogP contribution in [0.15, 0.2) is 100 Å². The normalized spacial score (nSPS) is 24.1. The Morgan fingerprint density at radius 3 is 1.02 bits per heavy atom. The molecule has 680 valence electrons. The van der Waals surface area contributed by atoms with Gasteiger partial charge in [0.25, 0.3) is 22.2 Å². The molecule has 34 heteroatoms. The van der Waals surface area contributed by atoms with Crippen LogP contribution in [0.4, 0.5) is 41.2 Å². The molecule has 8 aliphatic heterocycles. The molecule has 0 aromatic carbocycles. The van der Waals surface area contributed by atoms with Crippen LogP contribution in [0.1, 0.15) is 205 Å². The number of hydrogen-bond donors (Lipinski definition) is 5. The van der Waals surface area contributed by atoms with Crippen molar-refractivity contribution in [3.63, 3.8) is 0 Å². The van der Waals surface area contributed by atoms with Crippen molar-refractivity contribution in [3.05, 3.63) is 185 Å². The molecule has 8 fully saturated rings. The third kappa shape index (κ3) is 16.0. The van der Waals surface area contributed by atoms with Crippen LogP contribution in [-0.4, -0.2) is 192 Å². The Hall–Kier alpha value is -9.89. The van der Waals surface area contributed by atoms with Gasteiger partial charge in [-0.2, -0.15) is 0 Å². The highest BCUT2D eigenvalue weighted by atomic mass is 35.5. The highest BCUT2D eigenvalue weighted by molar-refractivity contribution is 6.39. The number of pyridine rings is 4. The third-order valence-electron chi connectivity index (χ3n) is 31.0. The summed E-state index contributed by atoms with van der Waals surface area (Å²) in [6, 6.07) is 10.3. The maximum absolute atomic E-state index is 13.5. The summed E-state index contributed by atoms with van der Waals surface area (Å²) in [7, 11) is 14.8. The smallest absolute Gasteiger partial charge is 0.264 e. The molecule has 8 aromatic heterocycles. The Kier molecular flexibility index (Phi) is 25.2. The van der Waals surface area contributed by atoms with Crippen LogP contribution < -0.4 is 79.9 Å². The van der Waals surface area contributed by atoms with E-state index >= 15 is 0 Å². The number of nitrogens with zero attached hydrogens (tertiary/aromatic N) is 22. The largest absolute Gasteiger partial charge is 0.369 e. The van der Waals surface area contributed by atoms with Crippen molar-refractivity contribution in [2.75, 3.05) is 122 Å². The lowest BCUT2D eigenvalue weighted by atomic mass is 9.73. The van der Waals surface area contributed by atoms with Crippen LogP contribution in [0.2, 0.25) is 15.1 Å². The first-order chi connectivity index (χ1) is 61.3. The first-order valence-electron chi connectivity index (χ1n) is 45.9. The molecule has 16 heterocycles. The number of piperidine rings is 4. The van der Waals surface area contributed by atoms with Crippen molar-refractivity contribution in [2.45, 2.75) is 188 Å². The second-order valence-corrected chi connectivity index (χ2v) is 39.9. The number of nitrogens with two attached hydrogens (primary N) is 4. The lowest BCUT2D eigenvalue weighted by molar-refractivity contribution is 0.185. The summed E-state index contributed by atoms with van der Waals surface area (Å²) in [5.41, 5.74) is 37.7. The van der Waals surface area contributed by atoms with Crippen LogP contribution in [0.25, 0.3) is 0 Å². The molecule has 0 amide bonds. The average molecular weight is 1800 g/mol. The predicted molar refractivity (Wildman–Crippen MR) is 511 cm³/mol. The zero-order chi connectivity index (χ0) is 90.5. The number of nitrogens with one attached hydrogen (secondary N) is 1. The molecule has 4 saturated heterocycles. The fraction of sp³-hybridized carbons (Fsp3) is 0.574. The zero-order valence-corrected chi connectivity index (χ0v) is 78.6. The second kappa shape index (κ2) is 35.8. The Morgan fingerprint density at radius 1 is 0.414 bits per heavy atom. The van der Waals surface area contributed by atoms with E-state index in [1.165, 1.54) is 44.9 Å². The predicted octanol–water partition coefficient (Wildman–Crippen LogP) is 10.0. The minimum absolute atomic E-state index is 0.0236. The molecule has 0 unspecified atom stereocenters. The first kappa shape index (κ1) is 90.1. The van der Waals surface area contributed by atoms with Crippen LogP contribution in [0.3, 0.4) is 0 Å². The van der Waals surface area contributed by atoms with Gasteiger partial charge in [-0.05, 0) is 185 Å². The van der Waals surface area contributed by atoms with Gasteiger partial charge in [-0.25, -0.2) is 34.9 Å². The highest BCUT2D eigenvalue weighted by Gasteiger charge is 2.51. The fourth-order valence-corrected chi connectivity index (χ4v) is 24.1.